The Kier molecular flexibility index (Phi) is 3.95. The van der Waals surface area contributed by atoms with Crippen LogP contribution >= 0.6 is 0 Å². The second-order valence-electron chi connectivity index (χ2n) is 6.31. The standard InChI is InChI=1S/C23H19NO/c1-17-12-14-20(15-13-17)24-16-21(18-8-4-2-5-9-18)22(23(24)25)19-10-6-3-7-11-19/h2-15H,16H2,1H3. The van der Waals surface area contributed by atoms with Crippen molar-refractivity contribution in [3.8, 4) is 0 Å². The van der Waals surface area contributed by atoms with Gasteiger partial charge in [0, 0.05) is 5.69 Å². The molecule has 4 rings (SSSR count). The normalized spacial score (nSPS) is 14.3. The summed E-state index contributed by atoms with van der Waals surface area (Å²) in [6, 6.07) is 28.3. The number of amides is 1. The zero-order valence-corrected chi connectivity index (χ0v) is 14.1. The molecule has 0 aromatic heterocycles. The van der Waals surface area contributed by atoms with Crippen LogP contribution in [0, 0.1) is 6.92 Å². The van der Waals surface area contributed by atoms with E-state index in [1.54, 1.807) is 0 Å². The third kappa shape index (κ3) is 2.87. The number of carbonyl (C=O) groups excluding carboxylic acids is 1. The molecule has 3 aromatic rings. The number of nitrogens with zero attached hydrogens (tertiary/aromatic N) is 1. The molecule has 3 aromatic carbocycles. The van der Waals surface area contributed by atoms with E-state index in [1.807, 2.05) is 77.7 Å². The maximum Gasteiger partial charge on any atom is 0.259 e. The van der Waals surface area contributed by atoms with E-state index in [2.05, 4.69) is 19.1 Å². The third-order valence-electron chi connectivity index (χ3n) is 4.61. The summed E-state index contributed by atoms with van der Waals surface area (Å²) in [5, 5.41) is 0. The molecule has 0 N–H and O–H groups in total. The molecule has 0 spiro atoms. The fraction of sp³-hybridized carbons (Fsp3) is 0.0870. The second-order valence-corrected chi connectivity index (χ2v) is 6.31. The third-order valence-corrected chi connectivity index (χ3v) is 4.61. The van der Waals surface area contributed by atoms with E-state index in [-0.39, 0.29) is 5.91 Å². The molecular weight excluding hydrogens is 306 g/mol. The molecule has 0 atom stereocenters. The van der Waals surface area contributed by atoms with Gasteiger partial charge in [-0.2, -0.15) is 0 Å². The van der Waals surface area contributed by atoms with E-state index < -0.39 is 0 Å². The highest BCUT2D eigenvalue weighted by Crippen LogP contribution is 2.36. The number of carbonyl (C=O) groups is 1. The lowest BCUT2D eigenvalue weighted by molar-refractivity contribution is -0.112. The van der Waals surface area contributed by atoms with E-state index in [1.165, 1.54) is 5.56 Å². The summed E-state index contributed by atoms with van der Waals surface area (Å²) in [7, 11) is 0. The molecule has 2 heteroatoms. The minimum Gasteiger partial charge on any atom is -0.304 e. The topological polar surface area (TPSA) is 20.3 Å². The maximum atomic E-state index is 13.2. The van der Waals surface area contributed by atoms with Gasteiger partial charge < -0.3 is 4.90 Å². The zero-order valence-electron chi connectivity index (χ0n) is 14.1. The smallest absolute Gasteiger partial charge is 0.259 e. The molecule has 0 unspecified atom stereocenters. The van der Waals surface area contributed by atoms with Gasteiger partial charge in [0.25, 0.3) is 5.91 Å². The molecule has 0 fully saturated rings. The lowest BCUT2D eigenvalue weighted by Gasteiger charge is -2.17. The van der Waals surface area contributed by atoms with Crippen LogP contribution in [0.2, 0.25) is 0 Å². The van der Waals surface area contributed by atoms with Crippen LogP contribution in [0.3, 0.4) is 0 Å². The Hall–Kier alpha value is -3.13. The second kappa shape index (κ2) is 6.40. The highest BCUT2D eigenvalue weighted by atomic mass is 16.2. The molecule has 1 heterocycles. The Labute approximate surface area is 148 Å². The molecular formula is C23H19NO. The van der Waals surface area contributed by atoms with Crippen LogP contribution in [0.4, 0.5) is 5.69 Å². The maximum absolute atomic E-state index is 13.2. The molecule has 0 saturated carbocycles. The van der Waals surface area contributed by atoms with Crippen molar-refractivity contribution in [1.29, 1.82) is 0 Å². The molecule has 0 bridgehead atoms. The average molecular weight is 325 g/mol. The van der Waals surface area contributed by atoms with Crippen molar-refractivity contribution < 1.29 is 4.79 Å². The molecule has 1 aliphatic rings. The van der Waals surface area contributed by atoms with E-state index >= 15 is 0 Å². The molecule has 122 valence electrons. The van der Waals surface area contributed by atoms with Crippen LogP contribution in [0.25, 0.3) is 11.1 Å². The van der Waals surface area contributed by atoms with Gasteiger partial charge in [0.1, 0.15) is 0 Å². The van der Waals surface area contributed by atoms with Crippen LogP contribution in [0.5, 0.6) is 0 Å². The summed E-state index contributed by atoms with van der Waals surface area (Å²) in [6.07, 6.45) is 0. The minimum atomic E-state index is 0.0638. The Morgan fingerprint density at radius 3 is 1.88 bits per heavy atom. The molecule has 1 amide bonds. The van der Waals surface area contributed by atoms with Gasteiger partial charge in [-0.05, 0) is 35.8 Å². The highest BCUT2D eigenvalue weighted by molar-refractivity contribution is 6.36. The monoisotopic (exact) mass is 325 g/mol. The quantitative estimate of drug-likeness (QED) is 0.667. The first-order valence-electron chi connectivity index (χ1n) is 8.46. The Morgan fingerprint density at radius 1 is 0.720 bits per heavy atom. The number of benzene rings is 3. The Morgan fingerprint density at radius 2 is 1.28 bits per heavy atom. The number of hydrogen-bond donors (Lipinski definition) is 0. The molecule has 2 nitrogen and oxygen atoms in total. The number of anilines is 1. The van der Waals surface area contributed by atoms with E-state index in [9.17, 15) is 4.79 Å². The first kappa shape index (κ1) is 15.4. The van der Waals surface area contributed by atoms with Crippen molar-refractivity contribution in [3.63, 3.8) is 0 Å². The summed E-state index contributed by atoms with van der Waals surface area (Å²) < 4.78 is 0. The highest BCUT2D eigenvalue weighted by Gasteiger charge is 2.32. The SMILES string of the molecule is Cc1ccc(N2CC(c3ccccc3)=C(c3ccccc3)C2=O)cc1. The van der Waals surface area contributed by atoms with Crippen LogP contribution in [0.1, 0.15) is 16.7 Å². The van der Waals surface area contributed by atoms with E-state index in [0.29, 0.717) is 6.54 Å². The number of aryl methyl sites for hydroxylation is 1. The predicted molar refractivity (Wildman–Crippen MR) is 103 cm³/mol. The first-order valence-corrected chi connectivity index (χ1v) is 8.46. The van der Waals surface area contributed by atoms with Gasteiger partial charge in [0.05, 0.1) is 12.1 Å². The van der Waals surface area contributed by atoms with Crippen LogP contribution < -0.4 is 4.90 Å². The van der Waals surface area contributed by atoms with Crippen molar-refractivity contribution in [3.05, 3.63) is 102 Å². The average Bonchev–Trinajstić information content (AvgIpc) is 3.01. The van der Waals surface area contributed by atoms with Gasteiger partial charge in [-0.15, -0.1) is 0 Å². The molecule has 0 aliphatic carbocycles. The van der Waals surface area contributed by atoms with Crippen LogP contribution in [-0.4, -0.2) is 12.5 Å². The van der Waals surface area contributed by atoms with Crippen molar-refractivity contribution >= 4 is 22.7 Å². The van der Waals surface area contributed by atoms with Crippen molar-refractivity contribution in [2.75, 3.05) is 11.4 Å². The fourth-order valence-corrected chi connectivity index (χ4v) is 3.28. The van der Waals surface area contributed by atoms with Crippen molar-refractivity contribution in [1.82, 2.24) is 0 Å². The fourth-order valence-electron chi connectivity index (χ4n) is 3.28. The summed E-state index contributed by atoms with van der Waals surface area (Å²) in [5.74, 6) is 0.0638. The van der Waals surface area contributed by atoms with E-state index in [4.69, 9.17) is 0 Å². The summed E-state index contributed by atoms with van der Waals surface area (Å²) in [5.41, 5.74) is 6.08. The molecule has 0 radical (unpaired) electrons. The Balaban J connectivity index is 1.82. The van der Waals surface area contributed by atoms with Crippen LogP contribution in [-0.2, 0) is 4.79 Å². The molecule has 0 saturated heterocycles. The lowest BCUT2D eigenvalue weighted by Crippen LogP contribution is -2.26. The van der Waals surface area contributed by atoms with Crippen molar-refractivity contribution in [2.45, 2.75) is 6.92 Å². The minimum absolute atomic E-state index is 0.0638. The van der Waals surface area contributed by atoms with Gasteiger partial charge in [-0.1, -0.05) is 78.4 Å². The predicted octanol–water partition coefficient (Wildman–Crippen LogP) is 4.95. The largest absolute Gasteiger partial charge is 0.304 e. The van der Waals surface area contributed by atoms with Crippen molar-refractivity contribution in [2.24, 2.45) is 0 Å². The number of rotatable bonds is 3. The first-order chi connectivity index (χ1) is 12.2. The van der Waals surface area contributed by atoms with Gasteiger partial charge in [-0.25, -0.2) is 0 Å². The summed E-state index contributed by atoms with van der Waals surface area (Å²) in [4.78, 5) is 15.1. The zero-order chi connectivity index (χ0) is 17.2. The van der Waals surface area contributed by atoms with Gasteiger partial charge >= 0.3 is 0 Å². The van der Waals surface area contributed by atoms with E-state index in [0.717, 1.165) is 28.0 Å². The van der Waals surface area contributed by atoms with Gasteiger partial charge in [0.2, 0.25) is 0 Å². The van der Waals surface area contributed by atoms with Gasteiger partial charge in [-0.3, -0.25) is 4.79 Å². The molecule has 1 aliphatic heterocycles. The van der Waals surface area contributed by atoms with Crippen LogP contribution in [0.15, 0.2) is 84.9 Å². The number of hydrogen-bond acceptors (Lipinski definition) is 1. The summed E-state index contributed by atoms with van der Waals surface area (Å²) >= 11 is 0. The molecule has 25 heavy (non-hydrogen) atoms. The Bertz CT molecular complexity index is 925. The lowest BCUT2D eigenvalue weighted by atomic mass is 9.97. The summed E-state index contributed by atoms with van der Waals surface area (Å²) in [6.45, 7) is 2.65. The van der Waals surface area contributed by atoms with Gasteiger partial charge in [0.15, 0.2) is 0 Å².